The Labute approximate surface area is 319 Å². The zero-order valence-corrected chi connectivity index (χ0v) is 31.8. The molecule has 0 radical (unpaired) electrons. The van der Waals surface area contributed by atoms with Crippen molar-refractivity contribution in [2.75, 3.05) is 33.5 Å². The summed E-state index contributed by atoms with van der Waals surface area (Å²) in [6.45, 7) is 7.98. The van der Waals surface area contributed by atoms with E-state index in [1.807, 2.05) is 68.6 Å². The number of esters is 1. The van der Waals surface area contributed by atoms with E-state index in [9.17, 15) is 24.3 Å². The summed E-state index contributed by atoms with van der Waals surface area (Å²) >= 11 is 0. The standard InChI is InChI=1S/C20H23NO4.C19H21NO4.Na.H2O/c1-14-3-5-16(6-4-14)17-11-18(20(23)24-2)19(22)21(13-17)12-15-7-9-25-10-8-15;1-13-2-4-15(5-3-13)16-10-17(19(22)23)18(21)20(12-16)11-14-6-8-24-9-7-14;;/h3-6,11,13,15H,7-10,12H2,1-2H3;2-5,10,12,14H,6-9,11H2,1H3,(H,22,23);;1H2/q;;+1;/p-1. The maximum atomic E-state index is 12.7. The van der Waals surface area contributed by atoms with Gasteiger partial charge in [-0.3, -0.25) is 9.59 Å². The van der Waals surface area contributed by atoms with Gasteiger partial charge in [-0.2, -0.15) is 0 Å². The van der Waals surface area contributed by atoms with Crippen LogP contribution in [0.15, 0.2) is 82.6 Å². The number of carboxylic acid groups (broad SMARTS) is 1. The molecule has 4 heterocycles. The number of hydrogen-bond donors (Lipinski definition) is 1. The molecule has 2 aliphatic heterocycles. The first-order valence-corrected chi connectivity index (χ1v) is 16.7. The molecule has 2 saturated heterocycles. The Morgan fingerprint density at radius 1 is 0.686 bits per heavy atom. The number of aryl methyl sites for hydroxylation is 2. The number of nitrogens with zero attached hydrogens (tertiary/aromatic N) is 2. The fourth-order valence-electron chi connectivity index (χ4n) is 6.17. The van der Waals surface area contributed by atoms with Crippen molar-refractivity contribution < 1.29 is 63.9 Å². The van der Waals surface area contributed by atoms with Crippen LogP contribution in [0.2, 0.25) is 0 Å². The summed E-state index contributed by atoms with van der Waals surface area (Å²) in [5.41, 5.74) is 4.92. The van der Waals surface area contributed by atoms with Crippen LogP contribution in [-0.2, 0) is 27.3 Å². The molecule has 2 N–H and O–H groups in total. The summed E-state index contributed by atoms with van der Waals surface area (Å²) in [7, 11) is 1.29. The molecule has 4 aromatic rings. The van der Waals surface area contributed by atoms with E-state index in [2.05, 4.69) is 0 Å². The Morgan fingerprint density at radius 2 is 1.06 bits per heavy atom. The van der Waals surface area contributed by atoms with Crippen molar-refractivity contribution in [3.63, 3.8) is 0 Å². The van der Waals surface area contributed by atoms with Crippen LogP contribution in [0.25, 0.3) is 22.3 Å². The number of rotatable bonds is 8. The van der Waals surface area contributed by atoms with Crippen LogP contribution in [0, 0.1) is 25.7 Å². The molecule has 0 unspecified atom stereocenters. The van der Waals surface area contributed by atoms with Gasteiger partial charge in [0.05, 0.1) is 7.11 Å². The minimum absolute atomic E-state index is 0. The van der Waals surface area contributed by atoms with Crippen LogP contribution in [-0.4, -0.2) is 65.2 Å². The van der Waals surface area contributed by atoms with Crippen molar-refractivity contribution >= 4 is 11.9 Å². The van der Waals surface area contributed by atoms with E-state index >= 15 is 0 Å². The van der Waals surface area contributed by atoms with Crippen molar-refractivity contribution in [3.8, 4) is 22.3 Å². The Morgan fingerprint density at radius 3 is 1.43 bits per heavy atom. The van der Waals surface area contributed by atoms with Crippen molar-refractivity contribution in [1.29, 1.82) is 0 Å². The second-order valence-corrected chi connectivity index (χ2v) is 12.8. The third-order valence-electron chi connectivity index (χ3n) is 9.17. The van der Waals surface area contributed by atoms with Gasteiger partial charge in [0.15, 0.2) is 0 Å². The molecule has 2 aromatic heterocycles. The number of benzene rings is 2. The Bertz CT molecular complexity index is 1870. The van der Waals surface area contributed by atoms with Crippen LogP contribution >= 0.6 is 0 Å². The molecule has 11 nitrogen and oxygen atoms in total. The van der Waals surface area contributed by atoms with Gasteiger partial charge in [0.25, 0.3) is 11.1 Å². The van der Waals surface area contributed by atoms with E-state index in [-0.39, 0.29) is 51.7 Å². The molecule has 0 saturated carbocycles. The van der Waals surface area contributed by atoms with Crippen LogP contribution < -0.4 is 40.7 Å². The number of carbonyl (C=O) groups excluding carboxylic acids is 1. The molecule has 2 aliphatic rings. The number of methoxy groups -OCH3 is 1. The van der Waals surface area contributed by atoms with E-state index in [0.717, 1.165) is 72.3 Å². The minimum Gasteiger partial charge on any atom is -0.870 e. The van der Waals surface area contributed by atoms with Crippen LogP contribution in [0.1, 0.15) is 57.5 Å². The first-order chi connectivity index (χ1) is 23.6. The van der Waals surface area contributed by atoms with Crippen molar-refractivity contribution in [1.82, 2.24) is 9.13 Å². The maximum Gasteiger partial charge on any atom is 1.00 e. The quantitative estimate of drug-likeness (QED) is 0.215. The number of hydrogen-bond acceptors (Lipinski definition) is 8. The number of aromatic nitrogens is 2. The van der Waals surface area contributed by atoms with Crippen molar-refractivity contribution in [2.24, 2.45) is 11.8 Å². The number of carboxylic acids is 1. The van der Waals surface area contributed by atoms with Crippen molar-refractivity contribution in [3.05, 3.63) is 116 Å². The first-order valence-electron chi connectivity index (χ1n) is 16.7. The normalized spacial score (nSPS) is 14.6. The molecule has 266 valence electrons. The van der Waals surface area contributed by atoms with Gasteiger partial charge in [-0.25, -0.2) is 9.59 Å². The predicted octanol–water partition coefficient (Wildman–Crippen LogP) is 2.81. The summed E-state index contributed by atoms with van der Waals surface area (Å²) in [5.74, 6) is -1.06. The molecule has 0 amide bonds. The van der Waals surface area contributed by atoms with E-state index in [1.54, 1.807) is 21.4 Å². The van der Waals surface area contributed by atoms with Gasteiger partial charge < -0.3 is 33.9 Å². The molecule has 12 heteroatoms. The zero-order valence-electron chi connectivity index (χ0n) is 29.8. The monoisotopic (exact) mass is 708 g/mol. The van der Waals surface area contributed by atoms with Gasteiger partial charge in [-0.05, 0) is 85.8 Å². The van der Waals surface area contributed by atoms with Gasteiger partial charge >= 0.3 is 41.5 Å². The molecule has 0 spiro atoms. The van der Waals surface area contributed by atoms with E-state index < -0.39 is 17.5 Å². The third-order valence-corrected chi connectivity index (χ3v) is 9.17. The molecule has 0 atom stereocenters. The van der Waals surface area contributed by atoms with Gasteiger partial charge in [-0.1, -0.05) is 59.7 Å². The van der Waals surface area contributed by atoms with E-state index in [0.29, 0.717) is 38.1 Å². The Balaban J connectivity index is 0.000000265. The summed E-state index contributed by atoms with van der Waals surface area (Å²) in [6, 6.07) is 19.0. The van der Waals surface area contributed by atoms with Crippen LogP contribution in [0.3, 0.4) is 0 Å². The van der Waals surface area contributed by atoms with Crippen LogP contribution in [0.4, 0.5) is 0 Å². The fraction of sp³-hybridized carbons (Fsp3) is 0.385. The SMILES string of the molecule is COC(=O)c1cc(-c2ccc(C)cc2)cn(CC2CCOCC2)c1=O.Cc1ccc(-c2cc(C(=O)O)c(=O)n(CC3CCOCC3)c2)cc1.[Na+].[OH-]. The van der Waals surface area contributed by atoms with Gasteiger partial charge in [0.2, 0.25) is 0 Å². The van der Waals surface area contributed by atoms with Gasteiger partial charge in [0.1, 0.15) is 11.1 Å². The predicted molar refractivity (Wildman–Crippen MR) is 189 cm³/mol. The molecule has 0 bridgehead atoms. The Kier molecular flexibility index (Phi) is 16.0. The first kappa shape index (κ1) is 41.6. The summed E-state index contributed by atoms with van der Waals surface area (Å²) in [5, 5.41) is 9.38. The zero-order chi connectivity index (χ0) is 34.9. The second kappa shape index (κ2) is 19.7. The van der Waals surface area contributed by atoms with E-state index in [4.69, 9.17) is 14.2 Å². The molecular formula is C39H45N2NaO9. The molecule has 2 aromatic carbocycles. The fourth-order valence-corrected chi connectivity index (χ4v) is 6.17. The second-order valence-electron chi connectivity index (χ2n) is 12.8. The van der Waals surface area contributed by atoms with Crippen molar-refractivity contribution in [2.45, 2.75) is 52.6 Å². The maximum absolute atomic E-state index is 12.7. The summed E-state index contributed by atoms with van der Waals surface area (Å²) < 4.78 is 18.7. The molecule has 2 fully saturated rings. The molecule has 0 aliphatic carbocycles. The average molecular weight is 709 g/mol. The number of ether oxygens (including phenoxy) is 3. The average Bonchev–Trinajstić information content (AvgIpc) is 3.11. The number of aromatic carboxylic acids is 1. The largest absolute Gasteiger partial charge is 1.00 e. The third kappa shape index (κ3) is 11.1. The number of carbonyl (C=O) groups is 2. The van der Waals surface area contributed by atoms with E-state index in [1.165, 1.54) is 13.2 Å². The Hall–Kier alpha value is -3.84. The van der Waals surface area contributed by atoms with Gasteiger partial charge in [-0.15, -0.1) is 0 Å². The van der Waals surface area contributed by atoms with Crippen LogP contribution in [0.5, 0.6) is 0 Å². The topological polar surface area (TPSA) is 156 Å². The minimum atomic E-state index is -1.19. The smallest absolute Gasteiger partial charge is 0.870 e. The summed E-state index contributed by atoms with van der Waals surface area (Å²) in [6.07, 6.45) is 7.25. The molecule has 6 rings (SSSR count). The summed E-state index contributed by atoms with van der Waals surface area (Å²) in [4.78, 5) is 48.7. The molecular weight excluding hydrogens is 663 g/mol. The molecule has 51 heavy (non-hydrogen) atoms. The van der Waals surface area contributed by atoms with Gasteiger partial charge in [0, 0.05) is 51.9 Å². The number of pyridine rings is 2.